The first kappa shape index (κ1) is 28.3. The van der Waals surface area contributed by atoms with Crippen molar-refractivity contribution in [2.24, 2.45) is 0 Å². The average molecular weight is 396 g/mol. The molecule has 0 heterocycles. The number of carbonyl (C=O) groups is 6. The zero-order valence-electron chi connectivity index (χ0n) is 13.8. The van der Waals surface area contributed by atoms with Crippen LogP contribution in [0.1, 0.15) is 32.1 Å². The van der Waals surface area contributed by atoms with Gasteiger partial charge in [-0.05, 0) is 12.8 Å². The lowest BCUT2D eigenvalue weighted by Crippen LogP contribution is -2.22. The van der Waals surface area contributed by atoms with Crippen LogP contribution >= 0.6 is 0 Å². The highest BCUT2D eigenvalue weighted by Crippen LogP contribution is 1.98. The molecule has 0 aromatic carbocycles. The van der Waals surface area contributed by atoms with Crippen molar-refractivity contribution < 1.29 is 64.5 Å². The molecule has 0 saturated heterocycles. The van der Waals surface area contributed by atoms with Crippen LogP contribution in [0.4, 0.5) is 0 Å². The highest BCUT2D eigenvalue weighted by atomic mass is 16.4. The van der Waals surface area contributed by atoms with Crippen LogP contribution in [0.25, 0.3) is 0 Å². The van der Waals surface area contributed by atoms with Crippen molar-refractivity contribution in [3.8, 4) is 0 Å². The van der Waals surface area contributed by atoms with Gasteiger partial charge in [-0.25, -0.2) is 14.4 Å². The van der Waals surface area contributed by atoms with Crippen molar-refractivity contribution in [2.75, 3.05) is 0 Å². The molecule has 1 unspecified atom stereocenters. The normalized spacial score (nSPS) is 10.4. The van der Waals surface area contributed by atoms with Gasteiger partial charge in [0.1, 0.15) is 0 Å². The molecule has 0 saturated carbocycles. The number of aliphatic hydroxyl groups excluding tert-OH is 1. The summed E-state index contributed by atoms with van der Waals surface area (Å²) in [6.45, 7) is 0. The van der Waals surface area contributed by atoms with E-state index in [4.69, 9.17) is 35.7 Å². The Bertz CT molecular complexity index is 517. The van der Waals surface area contributed by atoms with E-state index in [9.17, 15) is 28.8 Å². The van der Waals surface area contributed by atoms with E-state index in [1.165, 1.54) is 0 Å². The van der Waals surface area contributed by atoms with Crippen LogP contribution in [0.5, 0.6) is 0 Å². The second kappa shape index (κ2) is 17.3. The molecule has 0 spiro atoms. The molecule has 0 aliphatic heterocycles. The molecule has 0 aromatic heterocycles. The van der Waals surface area contributed by atoms with Crippen molar-refractivity contribution in [3.63, 3.8) is 0 Å². The third-order valence-corrected chi connectivity index (χ3v) is 2.05. The van der Waals surface area contributed by atoms with Crippen LogP contribution in [0, 0.1) is 0 Å². The van der Waals surface area contributed by atoms with E-state index in [2.05, 4.69) is 0 Å². The Balaban J connectivity index is -0.000000322. The predicted octanol–water partition coefficient (Wildman–Crippen LogP) is -0.666. The predicted molar refractivity (Wildman–Crippen MR) is 84.0 cm³/mol. The van der Waals surface area contributed by atoms with E-state index in [0.717, 1.165) is 0 Å². The highest BCUT2D eigenvalue weighted by molar-refractivity contribution is 5.89. The largest absolute Gasteiger partial charge is 0.481 e. The van der Waals surface area contributed by atoms with Crippen molar-refractivity contribution >= 4 is 35.8 Å². The fourth-order valence-electron chi connectivity index (χ4n) is 0.948. The molecule has 13 heteroatoms. The summed E-state index contributed by atoms with van der Waals surface area (Å²) < 4.78 is 0. The van der Waals surface area contributed by atoms with Gasteiger partial charge in [0.15, 0.2) is 6.10 Å². The number of aliphatic hydroxyl groups is 1. The van der Waals surface area contributed by atoms with Gasteiger partial charge in [0.05, 0.1) is 6.42 Å². The molecule has 0 fully saturated rings. The fraction of sp³-hybridized carbons (Fsp3) is 0.429. The van der Waals surface area contributed by atoms with E-state index in [1.54, 1.807) is 0 Å². The zero-order chi connectivity index (χ0) is 22.0. The van der Waals surface area contributed by atoms with Gasteiger partial charge in [-0.1, -0.05) is 0 Å². The molecule has 0 aromatic rings. The zero-order valence-corrected chi connectivity index (χ0v) is 13.8. The maximum absolute atomic E-state index is 9.90. The lowest BCUT2D eigenvalue weighted by molar-refractivity contribution is -0.152. The monoisotopic (exact) mass is 396 g/mol. The van der Waals surface area contributed by atoms with Gasteiger partial charge in [0.25, 0.3) is 0 Å². The first-order valence-corrected chi connectivity index (χ1v) is 6.99. The Morgan fingerprint density at radius 1 is 0.630 bits per heavy atom. The smallest absolute Gasteiger partial charge is 0.333 e. The Labute approximate surface area is 151 Å². The standard InChI is InChI=1S/C6H10O4.C4H6O5.C4H4O4/c7-5(8)3-1-2-4-6(9)10;5-2(4(8)9)1-3(6)7;5-3(6)1-2-4(7)8/h1-4H2,(H,7,8)(H,9,10);2,5H,1H2,(H,6,7)(H,8,9);1-2H,(H,5,6)(H,7,8). The topological polar surface area (TPSA) is 244 Å². The number of carboxylic acid groups (broad SMARTS) is 6. The van der Waals surface area contributed by atoms with Crippen LogP contribution in [-0.2, 0) is 28.8 Å². The number of rotatable bonds is 10. The summed E-state index contributed by atoms with van der Waals surface area (Å²) >= 11 is 0. The van der Waals surface area contributed by atoms with Gasteiger partial charge in [-0.3, -0.25) is 14.4 Å². The average Bonchev–Trinajstić information content (AvgIpc) is 2.49. The summed E-state index contributed by atoms with van der Waals surface area (Å²) in [5.41, 5.74) is 0. The third-order valence-electron chi connectivity index (χ3n) is 2.05. The van der Waals surface area contributed by atoms with Crippen molar-refractivity contribution in [1.82, 2.24) is 0 Å². The van der Waals surface area contributed by atoms with Crippen molar-refractivity contribution in [3.05, 3.63) is 12.2 Å². The van der Waals surface area contributed by atoms with Crippen LogP contribution in [0.3, 0.4) is 0 Å². The van der Waals surface area contributed by atoms with Crippen LogP contribution < -0.4 is 0 Å². The first-order chi connectivity index (χ1) is 12.3. The Kier molecular flexibility index (Phi) is 18.2. The summed E-state index contributed by atoms with van der Waals surface area (Å²) in [5, 5.41) is 56.0. The highest BCUT2D eigenvalue weighted by Gasteiger charge is 2.16. The van der Waals surface area contributed by atoms with Crippen molar-refractivity contribution in [2.45, 2.75) is 38.2 Å². The molecule has 0 radical (unpaired) electrons. The van der Waals surface area contributed by atoms with Crippen LogP contribution in [-0.4, -0.2) is 77.7 Å². The van der Waals surface area contributed by atoms with Gasteiger partial charge < -0.3 is 35.7 Å². The maximum Gasteiger partial charge on any atom is 0.333 e. The first-order valence-electron chi connectivity index (χ1n) is 6.99. The summed E-state index contributed by atoms with van der Waals surface area (Å²) in [6, 6.07) is 0. The molecule has 0 amide bonds. The van der Waals surface area contributed by atoms with E-state index >= 15 is 0 Å². The molecular weight excluding hydrogens is 376 g/mol. The minimum absolute atomic E-state index is 0.0628. The lowest BCUT2D eigenvalue weighted by Gasteiger charge is -1.97. The minimum Gasteiger partial charge on any atom is -0.481 e. The summed E-state index contributed by atoms with van der Waals surface area (Å²) in [6.07, 6.45) is -0.411. The molecule has 0 aliphatic carbocycles. The summed E-state index contributed by atoms with van der Waals surface area (Å²) in [5.74, 6) is -7.10. The number of carboxylic acids is 6. The molecule has 154 valence electrons. The number of aliphatic carboxylic acids is 6. The molecule has 13 nitrogen and oxygen atoms in total. The van der Waals surface area contributed by atoms with Crippen LogP contribution in [0.2, 0.25) is 0 Å². The van der Waals surface area contributed by atoms with Crippen molar-refractivity contribution in [1.29, 1.82) is 0 Å². The Hall–Kier alpha value is -3.48. The molecular formula is C14H20O13. The summed E-state index contributed by atoms with van der Waals surface area (Å²) in [4.78, 5) is 58.3. The second-order valence-electron chi connectivity index (χ2n) is 4.46. The van der Waals surface area contributed by atoms with Crippen LogP contribution in [0.15, 0.2) is 12.2 Å². The van der Waals surface area contributed by atoms with E-state index in [-0.39, 0.29) is 12.8 Å². The van der Waals surface area contributed by atoms with Gasteiger partial charge in [0, 0.05) is 25.0 Å². The minimum atomic E-state index is -1.79. The van der Waals surface area contributed by atoms with E-state index in [0.29, 0.717) is 25.0 Å². The fourth-order valence-corrected chi connectivity index (χ4v) is 0.948. The number of unbranched alkanes of at least 4 members (excludes halogenated alkanes) is 1. The van der Waals surface area contributed by atoms with Gasteiger partial charge >= 0.3 is 35.8 Å². The molecule has 0 bridgehead atoms. The van der Waals surface area contributed by atoms with Gasteiger partial charge in [0.2, 0.25) is 0 Å². The molecule has 27 heavy (non-hydrogen) atoms. The lowest BCUT2D eigenvalue weighted by atomic mass is 10.2. The van der Waals surface area contributed by atoms with E-state index < -0.39 is 48.3 Å². The molecule has 0 aliphatic rings. The third kappa shape index (κ3) is 34.7. The van der Waals surface area contributed by atoms with Gasteiger partial charge in [-0.2, -0.15) is 0 Å². The molecule has 7 N–H and O–H groups in total. The number of hydrogen-bond acceptors (Lipinski definition) is 7. The SMILES string of the molecule is O=C(O)C=CC(=O)O.O=C(O)CC(O)C(=O)O.O=C(O)CCCCC(=O)O. The number of hydrogen-bond donors (Lipinski definition) is 7. The quantitative estimate of drug-likeness (QED) is 0.179. The molecule has 1 atom stereocenters. The second-order valence-corrected chi connectivity index (χ2v) is 4.46. The Morgan fingerprint density at radius 2 is 0.963 bits per heavy atom. The van der Waals surface area contributed by atoms with E-state index in [1.807, 2.05) is 0 Å². The Morgan fingerprint density at radius 3 is 1.11 bits per heavy atom. The summed E-state index contributed by atoms with van der Waals surface area (Å²) in [7, 11) is 0. The maximum atomic E-state index is 9.90. The molecule has 0 rings (SSSR count). The van der Waals surface area contributed by atoms with Gasteiger partial charge in [-0.15, -0.1) is 0 Å².